The number of rotatable bonds is 10. The van der Waals surface area contributed by atoms with Gasteiger partial charge in [-0.15, -0.1) is 11.3 Å². The zero-order valence-corrected chi connectivity index (χ0v) is 18.3. The van der Waals surface area contributed by atoms with Gasteiger partial charge in [0.15, 0.2) is 0 Å². The highest BCUT2D eigenvalue weighted by Crippen LogP contribution is 2.31. The number of hydrogen-bond donors (Lipinski definition) is 2. The highest BCUT2D eigenvalue weighted by Gasteiger charge is 2.19. The first-order valence-corrected chi connectivity index (χ1v) is 10.5. The van der Waals surface area contributed by atoms with Crippen molar-refractivity contribution in [3.05, 3.63) is 44.8 Å². The van der Waals surface area contributed by atoms with Crippen LogP contribution in [0.25, 0.3) is 0 Å². The standard InChI is InChI=1S/C21H35ClN2S/c1-16(13-21(3,4)5)12-20-19(9-11-23-6)18(15-25-20)14-24-17(2)8-7-10-22/h7-8,10,15-16,23-24H,9,11-14H2,1-6H3/b10-7+,17-8+. The van der Waals surface area contributed by atoms with E-state index >= 15 is 0 Å². The Morgan fingerprint density at radius 3 is 2.68 bits per heavy atom. The zero-order valence-electron chi connectivity index (χ0n) is 16.7. The fraction of sp³-hybridized carbons (Fsp3) is 0.619. The van der Waals surface area contributed by atoms with Crippen molar-refractivity contribution in [3.63, 3.8) is 0 Å². The maximum Gasteiger partial charge on any atom is 0.0408 e. The number of allylic oxidation sites excluding steroid dienone is 3. The van der Waals surface area contributed by atoms with Gasteiger partial charge in [0, 0.05) is 22.7 Å². The molecule has 0 radical (unpaired) electrons. The molecule has 0 aliphatic heterocycles. The van der Waals surface area contributed by atoms with Gasteiger partial charge >= 0.3 is 0 Å². The third kappa shape index (κ3) is 8.94. The zero-order chi connectivity index (χ0) is 18.9. The van der Waals surface area contributed by atoms with Gasteiger partial charge in [0.25, 0.3) is 0 Å². The fourth-order valence-electron chi connectivity index (χ4n) is 3.24. The van der Waals surface area contributed by atoms with Crippen molar-refractivity contribution in [3.8, 4) is 0 Å². The monoisotopic (exact) mass is 382 g/mol. The van der Waals surface area contributed by atoms with Crippen molar-refractivity contribution in [1.82, 2.24) is 10.6 Å². The van der Waals surface area contributed by atoms with Crippen molar-refractivity contribution in [1.29, 1.82) is 0 Å². The second-order valence-electron chi connectivity index (χ2n) is 8.11. The highest BCUT2D eigenvalue weighted by atomic mass is 35.5. The third-order valence-electron chi connectivity index (χ3n) is 4.16. The van der Waals surface area contributed by atoms with E-state index in [-0.39, 0.29) is 0 Å². The molecule has 1 unspecified atom stereocenters. The molecule has 0 spiro atoms. The Labute approximate surface area is 163 Å². The van der Waals surface area contributed by atoms with Gasteiger partial charge in [-0.25, -0.2) is 0 Å². The Morgan fingerprint density at radius 1 is 1.36 bits per heavy atom. The van der Waals surface area contributed by atoms with Crippen LogP contribution in [0, 0.1) is 11.3 Å². The van der Waals surface area contributed by atoms with Crippen LogP contribution < -0.4 is 10.6 Å². The van der Waals surface area contributed by atoms with Crippen LogP contribution in [0.3, 0.4) is 0 Å². The van der Waals surface area contributed by atoms with E-state index in [0.717, 1.165) is 25.2 Å². The van der Waals surface area contributed by atoms with Crippen molar-refractivity contribution in [2.45, 2.75) is 60.4 Å². The first-order chi connectivity index (χ1) is 11.8. The van der Waals surface area contributed by atoms with Crippen LogP contribution in [0.2, 0.25) is 0 Å². The van der Waals surface area contributed by atoms with E-state index in [1.807, 2.05) is 30.5 Å². The molecule has 1 heterocycles. The number of nitrogens with one attached hydrogen (secondary N) is 2. The molecule has 2 nitrogen and oxygen atoms in total. The van der Waals surface area contributed by atoms with Gasteiger partial charge < -0.3 is 10.6 Å². The van der Waals surface area contributed by atoms with Crippen LogP contribution in [0.1, 0.15) is 57.0 Å². The molecule has 0 aliphatic carbocycles. The molecule has 0 aliphatic rings. The lowest BCUT2D eigenvalue weighted by atomic mass is 9.83. The lowest BCUT2D eigenvalue weighted by Gasteiger charge is -2.23. The normalized spacial score (nSPS) is 14.3. The summed E-state index contributed by atoms with van der Waals surface area (Å²) in [5.74, 6) is 0.711. The van der Waals surface area contributed by atoms with Gasteiger partial charge in [0.05, 0.1) is 0 Å². The van der Waals surface area contributed by atoms with Crippen LogP contribution in [-0.2, 0) is 19.4 Å². The van der Waals surface area contributed by atoms with Crippen molar-refractivity contribution < 1.29 is 0 Å². The van der Waals surface area contributed by atoms with Gasteiger partial charge in [-0.2, -0.15) is 0 Å². The quantitative estimate of drug-likeness (QED) is 0.494. The lowest BCUT2D eigenvalue weighted by molar-refractivity contribution is 0.306. The molecule has 1 aromatic heterocycles. The van der Waals surface area contributed by atoms with E-state index in [2.05, 4.69) is 50.6 Å². The van der Waals surface area contributed by atoms with Crippen molar-refractivity contribution in [2.24, 2.45) is 11.3 Å². The predicted octanol–water partition coefficient (Wildman–Crippen LogP) is 5.87. The van der Waals surface area contributed by atoms with E-state index in [1.54, 1.807) is 4.88 Å². The van der Waals surface area contributed by atoms with E-state index in [1.165, 1.54) is 29.5 Å². The SMILES string of the molecule is CNCCc1c(CN/C(C)=C/C=C/Cl)csc1CC(C)CC(C)(C)C. The first-order valence-electron chi connectivity index (χ1n) is 9.17. The molecule has 1 aromatic rings. The molecule has 1 atom stereocenters. The highest BCUT2D eigenvalue weighted by molar-refractivity contribution is 7.10. The maximum atomic E-state index is 5.58. The minimum absolute atomic E-state index is 0.393. The Balaban J connectivity index is 2.83. The number of likely N-dealkylation sites (N-methyl/N-ethyl adjacent to an activating group) is 1. The van der Waals surface area contributed by atoms with Gasteiger partial charge in [-0.1, -0.05) is 39.3 Å². The summed E-state index contributed by atoms with van der Waals surface area (Å²) in [6.07, 6.45) is 7.39. The number of thiophene rings is 1. The summed E-state index contributed by atoms with van der Waals surface area (Å²) in [5.41, 5.74) is 6.02. The average molecular weight is 383 g/mol. The second-order valence-corrected chi connectivity index (χ2v) is 9.33. The summed E-state index contributed by atoms with van der Waals surface area (Å²) >= 11 is 7.51. The summed E-state index contributed by atoms with van der Waals surface area (Å²) < 4.78 is 0. The molecule has 0 bridgehead atoms. The van der Waals surface area contributed by atoms with Gasteiger partial charge in [-0.05, 0) is 79.8 Å². The average Bonchev–Trinajstić information content (AvgIpc) is 2.88. The second kappa shape index (κ2) is 11.1. The molecule has 1 rings (SSSR count). The molecule has 0 saturated heterocycles. The van der Waals surface area contributed by atoms with Crippen LogP contribution in [0.4, 0.5) is 0 Å². The Kier molecular flexibility index (Phi) is 9.84. The molecule has 0 saturated carbocycles. The molecular formula is C21H35ClN2S. The van der Waals surface area contributed by atoms with Crippen molar-refractivity contribution in [2.75, 3.05) is 13.6 Å². The van der Waals surface area contributed by atoms with Crippen LogP contribution in [0.5, 0.6) is 0 Å². The summed E-state index contributed by atoms with van der Waals surface area (Å²) in [4.78, 5) is 1.56. The molecular weight excluding hydrogens is 348 g/mol. The molecule has 4 heteroatoms. The Bertz CT molecular complexity index is 567. The van der Waals surface area contributed by atoms with Crippen LogP contribution in [-0.4, -0.2) is 13.6 Å². The van der Waals surface area contributed by atoms with Gasteiger partial charge in [0.2, 0.25) is 0 Å². The van der Waals surface area contributed by atoms with Gasteiger partial charge in [0.1, 0.15) is 0 Å². The summed E-state index contributed by atoms with van der Waals surface area (Å²) in [6, 6.07) is 0. The topological polar surface area (TPSA) is 24.1 Å². The minimum atomic E-state index is 0.393. The minimum Gasteiger partial charge on any atom is -0.384 e. The maximum absolute atomic E-state index is 5.58. The van der Waals surface area contributed by atoms with E-state index < -0.39 is 0 Å². The summed E-state index contributed by atoms with van der Waals surface area (Å²) in [6.45, 7) is 13.4. The third-order valence-corrected chi connectivity index (χ3v) is 5.41. The van der Waals surface area contributed by atoms with E-state index in [4.69, 9.17) is 11.6 Å². The number of hydrogen-bond acceptors (Lipinski definition) is 3. The number of halogens is 1. The van der Waals surface area contributed by atoms with E-state index in [9.17, 15) is 0 Å². The van der Waals surface area contributed by atoms with Gasteiger partial charge in [-0.3, -0.25) is 0 Å². The lowest BCUT2D eigenvalue weighted by Crippen LogP contribution is -2.16. The molecule has 142 valence electrons. The molecule has 0 fully saturated rings. The molecule has 0 amide bonds. The Morgan fingerprint density at radius 2 is 2.08 bits per heavy atom. The first kappa shape index (κ1) is 22.3. The smallest absolute Gasteiger partial charge is 0.0408 e. The molecule has 25 heavy (non-hydrogen) atoms. The molecule has 0 aromatic carbocycles. The summed E-state index contributed by atoms with van der Waals surface area (Å²) in [5, 5.41) is 9.12. The molecule has 2 N–H and O–H groups in total. The van der Waals surface area contributed by atoms with Crippen LogP contribution in [0.15, 0.2) is 28.8 Å². The summed E-state index contributed by atoms with van der Waals surface area (Å²) in [7, 11) is 2.03. The predicted molar refractivity (Wildman–Crippen MR) is 114 cm³/mol. The van der Waals surface area contributed by atoms with E-state index in [0.29, 0.717) is 11.3 Å². The Hall–Kier alpha value is -0.770. The van der Waals surface area contributed by atoms with Crippen LogP contribution >= 0.6 is 22.9 Å². The fourth-order valence-corrected chi connectivity index (χ4v) is 4.58. The van der Waals surface area contributed by atoms with Crippen molar-refractivity contribution >= 4 is 22.9 Å². The largest absolute Gasteiger partial charge is 0.384 e.